The predicted molar refractivity (Wildman–Crippen MR) is 74.8 cm³/mol. The van der Waals surface area contributed by atoms with Crippen LogP contribution in [0.3, 0.4) is 0 Å². The number of aliphatic carboxylic acids is 1. The molecule has 0 bridgehead atoms. The summed E-state index contributed by atoms with van der Waals surface area (Å²) in [6, 6.07) is 4.77. The lowest BCUT2D eigenvalue weighted by atomic mass is 10.4. The Balaban J connectivity index is 3.31. The van der Waals surface area contributed by atoms with Crippen molar-refractivity contribution in [2.24, 2.45) is 0 Å². The van der Waals surface area contributed by atoms with Crippen molar-refractivity contribution in [3.05, 3.63) is 24.3 Å². The first-order valence-electron chi connectivity index (χ1n) is 5.70. The zero-order chi connectivity index (χ0) is 16.4. The number of likely N-dealkylation sites (N-methyl/N-ethyl adjacent to an activating group) is 1. The Kier molecular flexibility index (Phi) is 5.10. The molecule has 1 aromatic rings. The first-order valence-corrected chi connectivity index (χ1v) is 8.58. The van der Waals surface area contributed by atoms with E-state index in [9.17, 15) is 21.6 Å². The Hall–Kier alpha value is -1.49. The van der Waals surface area contributed by atoms with E-state index in [-0.39, 0.29) is 9.79 Å². The summed E-state index contributed by atoms with van der Waals surface area (Å²) in [5.74, 6) is -1.31. The monoisotopic (exact) mass is 336 g/mol. The Morgan fingerprint density at radius 3 is 1.95 bits per heavy atom. The van der Waals surface area contributed by atoms with Gasteiger partial charge in [0.2, 0.25) is 20.0 Å². The molecule has 0 amide bonds. The molecule has 1 N–H and O–H groups in total. The third kappa shape index (κ3) is 3.79. The molecular formula is C11H16N2O6S2. The molecule has 0 radical (unpaired) electrons. The largest absolute Gasteiger partial charge is 0.480 e. The molecule has 1 aromatic carbocycles. The second-order valence-corrected chi connectivity index (χ2v) is 8.61. The van der Waals surface area contributed by atoms with E-state index in [0.717, 1.165) is 17.4 Å². The van der Waals surface area contributed by atoms with Crippen LogP contribution < -0.4 is 0 Å². The Labute approximate surface area is 123 Å². The highest BCUT2D eigenvalue weighted by molar-refractivity contribution is 7.90. The van der Waals surface area contributed by atoms with Crippen molar-refractivity contribution in [2.75, 3.05) is 27.7 Å². The summed E-state index contributed by atoms with van der Waals surface area (Å²) in [6.45, 7) is -0.715. The van der Waals surface area contributed by atoms with Gasteiger partial charge in [0, 0.05) is 21.1 Å². The normalized spacial score (nSPS) is 12.8. The number of carbonyl (C=O) groups is 1. The van der Waals surface area contributed by atoms with E-state index < -0.39 is 32.6 Å². The van der Waals surface area contributed by atoms with Gasteiger partial charge in [-0.3, -0.25) is 4.79 Å². The molecule has 0 spiro atoms. The van der Waals surface area contributed by atoms with Crippen molar-refractivity contribution in [2.45, 2.75) is 9.79 Å². The topological polar surface area (TPSA) is 112 Å². The van der Waals surface area contributed by atoms with Gasteiger partial charge in [-0.1, -0.05) is 6.07 Å². The standard InChI is InChI=1S/C11H16N2O6S2/c1-12(2)20(16,17)9-5-4-6-10(7-9)21(18,19)13(3)8-11(14)15/h4-7H,8H2,1-3H3,(H,14,15). The number of benzene rings is 1. The fraction of sp³-hybridized carbons (Fsp3) is 0.364. The molecule has 0 aliphatic heterocycles. The summed E-state index contributed by atoms with van der Waals surface area (Å²) in [5, 5.41) is 8.64. The summed E-state index contributed by atoms with van der Waals surface area (Å²) in [4.78, 5) is 10.1. The average molecular weight is 336 g/mol. The van der Waals surface area contributed by atoms with Crippen LogP contribution in [0.1, 0.15) is 0 Å². The molecule has 0 aromatic heterocycles. The number of carboxylic acid groups (broad SMARTS) is 1. The molecule has 0 atom stereocenters. The third-order valence-corrected chi connectivity index (χ3v) is 6.26. The number of rotatable bonds is 6. The van der Waals surface area contributed by atoms with Crippen LogP contribution in [0.4, 0.5) is 0 Å². The maximum atomic E-state index is 12.2. The Bertz CT molecular complexity index is 740. The van der Waals surface area contributed by atoms with E-state index in [4.69, 9.17) is 5.11 Å². The van der Waals surface area contributed by atoms with Gasteiger partial charge in [-0.25, -0.2) is 21.1 Å². The van der Waals surface area contributed by atoms with Gasteiger partial charge in [0.25, 0.3) is 0 Å². The zero-order valence-corrected chi connectivity index (χ0v) is 13.3. The highest BCUT2D eigenvalue weighted by Gasteiger charge is 2.25. The van der Waals surface area contributed by atoms with E-state index >= 15 is 0 Å². The van der Waals surface area contributed by atoms with Crippen molar-refractivity contribution in [3.63, 3.8) is 0 Å². The molecule has 8 nitrogen and oxygen atoms in total. The first kappa shape index (κ1) is 17.6. The van der Waals surface area contributed by atoms with Gasteiger partial charge >= 0.3 is 5.97 Å². The minimum Gasteiger partial charge on any atom is -0.480 e. The van der Waals surface area contributed by atoms with Gasteiger partial charge in [-0.15, -0.1) is 0 Å². The van der Waals surface area contributed by atoms with Crippen LogP contribution in [0.15, 0.2) is 34.1 Å². The summed E-state index contributed by atoms with van der Waals surface area (Å²) >= 11 is 0. The van der Waals surface area contributed by atoms with E-state index in [1.807, 2.05) is 0 Å². The van der Waals surface area contributed by atoms with Crippen LogP contribution >= 0.6 is 0 Å². The lowest BCUT2D eigenvalue weighted by molar-refractivity contribution is -0.137. The van der Waals surface area contributed by atoms with Gasteiger partial charge in [0.1, 0.15) is 6.54 Å². The fourth-order valence-corrected chi connectivity index (χ4v) is 3.65. The second-order valence-electron chi connectivity index (χ2n) is 4.42. The highest BCUT2D eigenvalue weighted by Crippen LogP contribution is 2.20. The minimum absolute atomic E-state index is 0.183. The molecule has 0 aliphatic carbocycles. The summed E-state index contributed by atoms with van der Waals surface area (Å²) in [5.41, 5.74) is 0. The maximum absolute atomic E-state index is 12.2. The van der Waals surface area contributed by atoms with Gasteiger partial charge in [0.05, 0.1) is 9.79 Å². The lowest BCUT2D eigenvalue weighted by Crippen LogP contribution is -2.32. The number of hydrogen-bond acceptors (Lipinski definition) is 5. The van der Waals surface area contributed by atoms with Crippen molar-refractivity contribution < 1.29 is 26.7 Å². The van der Waals surface area contributed by atoms with Crippen LogP contribution in [0, 0.1) is 0 Å². The summed E-state index contributed by atoms with van der Waals surface area (Å²) in [7, 11) is -4.09. The number of nitrogens with zero attached hydrogens (tertiary/aromatic N) is 2. The molecule has 0 aliphatic rings. The van der Waals surface area contributed by atoms with Crippen molar-refractivity contribution in [1.82, 2.24) is 8.61 Å². The second kappa shape index (κ2) is 6.10. The smallest absolute Gasteiger partial charge is 0.318 e. The molecule has 21 heavy (non-hydrogen) atoms. The summed E-state index contributed by atoms with van der Waals surface area (Å²) in [6.07, 6.45) is 0. The molecular weight excluding hydrogens is 320 g/mol. The lowest BCUT2D eigenvalue weighted by Gasteiger charge is -2.16. The number of hydrogen-bond donors (Lipinski definition) is 1. The molecule has 118 valence electrons. The maximum Gasteiger partial charge on any atom is 0.318 e. The Morgan fingerprint density at radius 2 is 1.52 bits per heavy atom. The van der Waals surface area contributed by atoms with Crippen LogP contribution in [0.2, 0.25) is 0 Å². The van der Waals surface area contributed by atoms with E-state index in [0.29, 0.717) is 4.31 Å². The predicted octanol–water partition coefficient (Wildman–Crippen LogP) is -0.358. The van der Waals surface area contributed by atoms with E-state index in [1.165, 1.54) is 32.3 Å². The average Bonchev–Trinajstić information content (AvgIpc) is 2.37. The van der Waals surface area contributed by atoms with Crippen LogP contribution in [-0.2, 0) is 24.8 Å². The molecule has 0 saturated heterocycles. The van der Waals surface area contributed by atoms with E-state index in [1.54, 1.807) is 0 Å². The van der Waals surface area contributed by atoms with E-state index in [2.05, 4.69) is 0 Å². The van der Waals surface area contributed by atoms with Gasteiger partial charge in [-0.05, 0) is 18.2 Å². The number of sulfonamides is 2. The molecule has 0 unspecified atom stereocenters. The quantitative estimate of drug-likeness (QED) is 0.759. The van der Waals surface area contributed by atoms with Crippen LogP contribution in [0.5, 0.6) is 0 Å². The number of carboxylic acids is 1. The highest BCUT2D eigenvalue weighted by atomic mass is 32.2. The van der Waals surface area contributed by atoms with Crippen LogP contribution in [-0.4, -0.2) is 64.2 Å². The van der Waals surface area contributed by atoms with Gasteiger partial charge in [0.15, 0.2) is 0 Å². The molecule has 10 heteroatoms. The van der Waals surface area contributed by atoms with Crippen molar-refractivity contribution >= 4 is 26.0 Å². The molecule has 0 fully saturated rings. The fourth-order valence-electron chi connectivity index (χ4n) is 1.46. The van der Waals surface area contributed by atoms with Crippen molar-refractivity contribution in [3.8, 4) is 0 Å². The molecule has 1 rings (SSSR count). The minimum atomic E-state index is -4.07. The SMILES string of the molecule is CN(C)S(=O)(=O)c1cccc(S(=O)(=O)N(C)CC(=O)O)c1. The third-order valence-electron chi connectivity index (χ3n) is 2.65. The summed E-state index contributed by atoms with van der Waals surface area (Å²) < 4.78 is 49.9. The van der Waals surface area contributed by atoms with Gasteiger partial charge < -0.3 is 5.11 Å². The molecule has 0 saturated carbocycles. The molecule has 0 heterocycles. The van der Waals surface area contributed by atoms with Crippen molar-refractivity contribution in [1.29, 1.82) is 0 Å². The first-order chi connectivity index (χ1) is 9.49. The van der Waals surface area contributed by atoms with Crippen LogP contribution in [0.25, 0.3) is 0 Å². The Morgan fingerprint density at radius 1 is 1.05 bits per heavy atom. The zero-order valence-electron chi connectivity index (χ0n) is 11.7. The van der Waals surface area contributed by atoms with Gasteiger partial charge in [-0.2, -0.15) is 4.31 Å².